The highest BCUT2D eigenvalue weighted by atomic mass is 16.6. The first kappa shape index (κ1) is 86.0. The van der Waals surface area contributed by atoms with E-state index in [9.17, 15) is 38.4 Å². The third-order valence-electron chi connectivity index (χ3n) is 22.6. The van der Waals surface area contributed by atoms with Gasteiger partial charge >= 0.3 is 48.1 Å². The van der Waals surface area contributed by atoms with E-state index in [-0.39, 0.29) is 80.1 Å². The number of amides is 3. The number of hydrogen-bond acceptors (Lipinski definition) is 18. The fraction of sp³-hybridized carbons (Fsp3) is 0.901. The summed E-state index contributed by atoms with van der Waals surface area (Å²) in [4.78, 5) is 105. The van der Waals surface area contributed by atoms with Crippen LogP contribution in [-0.4, -0.2) is 166 Å². The highest BCUT2D eigenvalue weighted by Crippen LogP contribution is 2.39. The zero-order chi connectivity index (χ0) is 72.8. The van der Waals surface area contributed by atoms with Crippen LogP contribution >= 0.6 is 0 Å². The maximum atomic E-state index is 13.0. The Morgan fingerprint density at radius 3 is 0.951 bits per heavy atom. The Balaban J connectivity index is 0.650. The van der Waals surface area contributed by atoms with E-state index >= 15 is 0 Å². The molecule has 6 unspecified atom stereocenters. The van der Waals surface area contributed by atoms with Crippen molar-refractivity contribution in [3.8, 4) is 0 Å². The summed E-state index contributed by atoms with van der Waals surface area (Å²) in [6, 6.07) is 1.23. The third-order valence-corrected chi connectivity index (χ3v) is 22.6. The standard InChI is InChI=1S/C81H141N5O16/c1-5-7-9-11-13-15-21-29-76(89)99-60-72(58-85-56-62(85)3)101-80(93)83-70-45-39-65(40-46-70)53-64-33-35-68(36-34-64)55-78(91)97-51-27-18-17-25-49-95-74(87)31-23-24-32-75(88)96-50-26-19-20-28-52-98-79(92)82-69-43-37-66(38-44-69)54-67-41-47-71(48-42-67)84-81(94)102-73(59-86-57-63(86)4)61-100-77(90)30-22-16-14-12-10-8-6-2/h62-73H,5-61H2,1-4H3,(H,82,92)(H,83,93)(H,84,94). The molecule has 6 rings (SSSR count). The van der Waals surface area contributed by atoms with Crippen molar-refractivity contribution in [1.82, 2.24) is 25.8 Å². The lowest BCUT2D eigenvalue weighted by molar-refractivity contribution is -0.147. The van der Waals surface area contributed by atoms with E-state index in [0.717, 1.165) is 206 Å². The zero-order valence-electron chi connectivity index (χ0n) is 64.2. The molecule has 586 valence electrons. The number of hydrogen-bond donors (Lipinski definition) is 3. The van der Waals surface area contributed by atoms with Crippen LogP contribution in [0.1, 0.15) is 329 Å². The average molecular weight is 1440 g/mol. The third kappa shape index (κ3) is 40.5. The highest BCUT2D eigenvalue weighted by Gasteiger charge is 2.36. The summed E-state index contributed by atoms with van der Waals surface area (Å²) in [6.07, 6.45) is 42.3. The zero-order valence-corrected chi connectivity index (χ0v) is 64.2. The number of rotatable bonds is 54. The Labute approximate surface area is 614 Å². The number of esters is 5. The van der Waals surface area contributed by atoms with Crippen molar-refractivity contribution in [1.29, 1.82) is 0 Å². The van der Waals surface area contributed by atoms with E-state index in [1.807, 2.05) is 0 Å². The first-order valence-corrected chi connectivity index (χ1v) is 41.7. The lowest BCUT2D eigenvalue weighted by atomic mass is 9.74. The van der Waals surface area contributed by atoms with Crippen LogP contribution in [0.5, 0.6) is 0 Å². The van der Waals surface area contributed by atoms with Crippen molar-refractivity contribution in [3.05, 3.63) is 0 Å². The van der Waals surface area contributed by atoms with E-state index in [0.29, 0.717) is 113 Å². The Hall–Kier alpha value is -4.92. The molecule has 6 aliphatic rings. The van der Waals surface area contributed by atoms with Gasteiger partial charge in [0, 0.05) is 88.5 Å². The van der Waals surface area contributed by atoms with Gasteiger partial charge in [-0.25, -0.2) is 14.4 Å². The Morgan fingerprint density at radius 2 is 0.598 bits per heavy atom. The van der Waals surface area contributed by atoms with E-state index in [1.54, 1.807) is 0 Å². The molecule has 4 saturated carbocycles. The number of nitrogens with zero attached hydrogens (tertiary/aromatic N) is 2. The number of nitrogens with one attached hydrogen (secondary N) is 3. The van der Waals surface area contributed by atoms with Gasteiger partial charge in [-0.3, -0.25) is 33.8 Å². The summed E-state index contributed by atoms with van der Waals surface area (Å²) in [5.41, 5.74) is 0. The summed E-state index contributed by atoms with van der Waals surface area (Å²) in [5, 5.41) is 9.31. The van der Waals surface area contributed by atoms with Crippen LogP contribution < -0.4 is 16.0 Å². The fourth-order valence-corrected chi connectivity index (χ4v) is 15.8. The smallest absolute Gasteiger partial charge is 0.407 e. The molecule has 0 aromatic carbocycles. The van der Waals surface area contributed by atoms with Gasteiger partial charge in [-0.05, 0) is 223 Å². The van der Waals surface area contributed by atoms with Crippen molar-refractivity contribution >= 4 is 48.1 Å². The second kappa shape index (κ2) is 52.1. The van der Waals surface area contributed by atoms with E-state index < -0.39 is 24.4 Å². The lowest BCUT2D eigenvalue weighted by Crippen LogP contribution is -2.42. The summed E-state index contributed by atoms with van der Waals surface area (Å²) >= 11 is 0. The molecule has 0 radical (unpaired) electrons. The van der Waals surface area contributed by atoms with Gasteiger partial charge in [-0.15, -0.1) is 0 Å². The highest BCUT2D eigenvalue weighted by molar-refractivity contribution is 5.72. The number of unbranched alkanes of at least 4 members (excludes halogenated alkanes) is 19. The maximum Gasteiger partial charge on any atom is 0.407 e. The van der Waals surface area contributed by atoms with Gasteiger partial charge in [-0.2, -0.15) is 0 Å². The average Bonchev–Trinajstić information content (AvgIpc) is 1.67. The topological polar surface area (TPSA) is 253 Å². The van der Waals surface area contributed by atoms with Gasteiger partial charge < -0.3 is 53.8 Å². The summed E-state index contributed by atoms with van der Waals surface area (Å²) in [7, 11) is 0. The predicted molar refractivity (Wildman–Crippen MR) is 395 cm³/mol. The van der Waals surface area contributed by atoms with Gasteiger partial charge in [0.2, 0.25) is 0 Å². The SMILES string of the molecule is CCCCCCCCCC(=O)OCC(CN1CC1C)OC(=O)NC1CCC(CC2CCC(CC(=O)OCCCCCCOC(=O)CCCCC(=O)OCCCCCCOC(=O)NC3CCC(CC4CCC(NC(=O)OC(COC(=O)CCCCCCCCC)CN5CC5C)CC4)CC3)CC2)CC1. The first-order chi connectivity index (χ1) is 49.6. The van der Waals surface area contributed by atoms with Crippen LogP contribution in [0, 0.1) is 29.6 Å². The van der Waals surface area contributed by atoms with Gasteiger partial charge in [0.15, 0.2) is 12.2 Å². The minimum atomic E-state index is -0.485. The second-order valence-corrected chi connectivity index (χ2v) is 31.8. The predicted octanol–water partition coefficient (Wildman–Crippen LogP) is 16.6. The van der Waals surface area contributed by atoms with Crippen LogP contribution in [0.4, 0.5) is 14.4 Å². The first-order valence-electron chi connectivity index (χ1n) is 41.7. The quantitative estimate of drug-likeness (QED) is 0.0221. The van der Waals surface area contributed by atoms with Gasteiger partial charge in [0.25, 0.3) is 0 Å². The van der Waals surface area contributed by atoms with Crippen molar-refractivity contribution in [2.45, 2.75) is 372 Å². The molecule has 6 atom stereocenters. The monoisotopic (exact) mass is 1440 g/mol. The van der Waals surface area contributed by atoms with Crippen LogP contribution in [0.2, 0.25) is 0 Å². The van der Waals surface area contributed by atoms with Crippen LogP contribution in [-0.2, 0) is 61.9 Å². The minimum Gasteiger partial charge on any atom is -0.466 e. The molecular formula is C81H141N5O16. The molecular weight excluding hydrogens is 1300 g/mol. The molecule has 21 nitrogen and oxygen atoms in total. The molecule has 3 N–H and O–H groups in total. The molecule has 21 heteroatoms. The number of ether oxygens (including phenoxy) is 8. The minimum absolute atomic E-state index is 0.0870. The van der Waals surface area contributed by atoms with Gasteiger partial charge in [0.1, 0.15) is 13.2 Å². The summed E-state index contributed by atoms with van der Waals surface area (Å²) < 4.78 is 44.8. The second-order valence-electron chi connectivity index (χ2n) is 31.8. The number of carbonyl (C=O) groups excluding carboxylic acids is 8. The molecule has 2 aliphatic heterocycles. The van der Waals surface area contributed by atoms with E-state index in [1.165, 1.54) is 64.2 Å². The Kier molecular flexibility index (Phi) is 44.0. The van der Waals surface area contributed by atoms with Crippen LogP contribution in [0.3, 0.4) is 0 Å². The van der Waals surface area contributed by atoms with Crippen molar-refractivity contribution in [3.63, 3.8) is 0 Å². The van der Waals surface area contributed by atoms with Crippen molar-refractivity contribution < 1.29 is 76.3 Å². The molecule has 2 heterocycles. The molecule has 0 aromatic heterocycles. The normalized spacial score (nSPS) is 25.1. The Morgan fingerprint density at radius 1 is 0.324 bits per heavy atom. The van der Waals surface area contributed by atoms with Gasteiger partial charge in [-0.1, -0.05) is 104 Å². The molecule has 102 heavy (non-hydrogen) atoms. The molecule has 6 fully saturated rings. The van der Waals surface area contributed by atoms with Crippen molar-refractivity contribution in [2.24, 2.45) is 29.6 Å². The van der Waals surface area contributed by atoms with Crippen LogP contribution in [0.25, 0.3) is 0 Å². The Bertz CT molecular complexity index is 2180. The van der Waals surface area contributed by atoms with Crippen LogP contribution in [0.15, 0.2) is 0 Å². The molecule has 3 amide bonds. The maximum absolute atomic E-state index is 13.0. The lowest BCUT2D eigenvalue weighted by Gasteiger charge is -2.34. The number of carbonyl (C=O) groups is 8. The molecule has 0 bridgehead atoms. The molecule has 0 aromatic rings. The number of alkyl carbamates (subject to hydrolysis) is 3. The summed E-state index contributed by atoms with van der Waals surface area (Å²) in [6.45, 7) is 13.4. The molecule has 2 saturated heterocycles. The largest absolute Gasteiger partial charge is 0.466 e. The van der Waals surface area contributed by atoms with E-state index in [4.69, 9.17) is 37.9 Å². The molecule has 4 aliphatic carbocycles. The summed E-state index contributed by atoms with van der Waals surface area (Å²) in [5.74, 6) is 1.95. The fourth-order valence-electron chi connectivity index (χ4n) is 15.8. The van der Waals surface area contributed by atoms with Crippen molar-refractivity contribution in [2.75, 3.05) is 65.8 Å². The van der Waals surface area contributed by atoms with E-state index in [2.05, 4.69) is 53.4 Å². The molecule has 0 spiro atoms. The van der Waals surface area contributed by atoms with Gasteiger partial charge in [0.05, 0.1) is 26.4 Å².